The van der Waals surface area contributed by atoms with Gasteiger partial charge in [0.15, 0.2) is 0 Å². The van der Waals surface area contributed by atoms with Crippen LogP contribution in [0.4, 0.5) is 5.69 Å². The van der Waals surface area contributed by atoms with E-state index in [4.69, 9.17) is 4.74 Å². The van der Waals surface area contributed by atoms with Gasteiger partial charge in [-0.1, -0.05) is 12.1 Å². The molecule has 1 N–H and O–H groups in total. The van der Waals surface area contributed by atoms with Crippen molar-refractivity contribution in [3.63, 3.8) is 0 Å². The summed E-state index contributed by atoms with van der Waals surface area (Å²) in [7, 11) is -3.70. The number of nitrogens with zero attached hydrogens (tertiary/aromatic N) is 3. The van der Waals surface area contributed by atoms with Gasteiger partial charge in [-0.3, -0.25) is 9.69 Å². The van der Waals surface area contributed by atoms with Crippen LogP contribution in [0, 0.1) is 5.92 Å². The predicted octanol–water partition coefficient (Wildman–Crippen LogP) is 1.16. The van der Waals surface area contributed by atoms with E-state index in [9.17, 15) is 13.2 Å². The van der Waals surface area contributed by atoms with Crippen LogP contribution in [0.15, 0.2) is 33.6 Å². The summed E-state index contributed by atoms with van der Waals surface area (Å²) >= 11 is 0. The van der Waals surface area contributed by atoms with Crippen molar-refractivity contribution in [2.75, 3.05) is 51.3 Å². The van der Waals surface area contributed by atoms with Gasteiger partial charge >= 0.3 is 0 Å². The Morgan fingerprint density at radius 1 is 1.21 bits per heavy atom. The molecule has 1 atom stereocenters. The second kappa shape index (κ2) is 8.18. The molecule has 1 aromatic carbocycles. The number of hydrogen-bond acceptors (Lipinski definition) is 6. The predicted molar refractivity (Wildman–Crippen MR) is 106 cm³/mol. The van der Waals surface area contributed by atoms with Gasteiger partial charge in [0.05, 0.1) is 18.9 Å². The van der Waals surface area contributed by atoms with Gasteiger partial charge in [-0.05, 0) is 25.0 Å². The highest BCUT2D eigenvalue weighted by molar-refractivity contribution is 7.90. The third-order valence-corrected chi connectivity index (χ3v) is 6.90. The number of sulfonamides is 1. The Morgan fingerprint density at radius 3 is 2.82 bits per heavy atom. The molecule has 0 aliphatic carbocycles. The van der Waals surface area contributed by atoms with Crippen molar-refractivity contribution in [1.29, 1.82) is 0 Å². The Morgan fingerprint density at radius 2 is 2.00 bits per heavy atom. The molecule has 3 aliphatic rings. The summed E-state index contributed by atoms with van der Waals surface area (Å²) in [5, 5.41) is 3.18. The maximum absolute atomic E-state index is 12.7. The van der Waals surface area contributed by atoms with Gasteiger partial charge in [0.1, 0.15) is 10.7 Å². The summed E-state index contributed by atoms with van der Waals surface area (Å²) in [4.78, 5) is 17.0. The number of morpholine rings is 1. The van der Waals surface area contributed by atoms with Gasteiger partial charge in [0.25, 0.3) is 10.0 Å². The van der Waals surface area contributed by atoms with Crippen molar-refractivity contribution < 1.29 is 17.9 Å². The Balaban J connectivity index is 1.40. The lowest BCUT2D eigenvalue weighted by molar-refractivity contribution is -0.133. The normalized spacial score (nSPS) is 24.8. The molecule has 0 bridgehead atoms. The Bertz CT molecular complexity index is 864. The van der Waals surface area contributed by atoms with Crippen LogP contribution in [0.3, 0.4) is 0 Å². The first-order chi connectivity index (χ1) is 13.5. The average Bonchev–Trinajstić information content (AvgIpc) is 2.72. The van der Waals surface area contributed by atoms with Crippen molar-refractivity contribution in [3.8, 4) is 0 Å². The van der Waals surface area contributed by atoms with Crippen LogP contribution >= 0.6 is 0 Å². The zero-order valence-corrected chi connectivity index (χ0v) is 16.7. The zero-order valence-electron chi connectivity index (χ0n) is 15.8. The molecule has 8 nitrogen and oxygen atoms in total. The molecule has 0 radical (unpaired) electrons. The van der Waals surface area contributed by atoms with E-state index >= 15 is 0 Å². The van der Waals surface area contributed by atoms with E-state index < -0.39 is 10.0 Å². The van der Waals surface area contributed by atoms with Crippen LogP contribution in [0.5, 0.6) is 0 Å². The van der Waals surface area contributed by atoms with Crippen LogP contribution in [0.25, 0.3) is 0 Å². The lowest BCUT2D eigenvalue weighted by Gasteiger charge is -2.35. The number of likely N-dealkylation sites (tertiary alicyclic amines) is 1. The smallest absolute Gasteiger partial charge is 0.286 e. The summed E-state index contributed by atoms with van der Waals surface area (Å²) in [6, 6.07) is 6.79. The van der Waals surface area contributed by atoms with Gasteiger partial charge in [0.2, 0.25) is 5.91 Å². The first-order valence-electron chi connectivity index (χ1n) is 9.82. The standard InChI is InChI=1S/C19H26N4O4S/c24-18(7-9-22-10-12-27-13-11-22)23-8-3-4-15(14-23)19-20-16-5-1-2-6-17(16)28(25,26)21-19/h1-2,5-6,15H,3-4,7-14H2,(H,20,21). The molecule has 0 spiro atoms. The lowest BCUT2D eigenvalue weighted by atomic mass is 9.96. The minimum atomic E-state index is -3.70. The van der Waals surface area contributed by atoms with E-state index in [0.29, 0.717) is 24.5 Å². The highest BCUT2D eigenvalue weighted by Gasteiger charge is 2.32. The number of amides is 1. The number of ether oxygens (including phenoxy) is 1. The number of hydrogen-bond donors (Lipinski definition) is 1. The molecule has 4 rings (SSSR count). The van der Waals surface area contributed by atoms with Crippen molar-refractivity contribution >= 4 is 27.5 Å². The molecule has 3 aliphatic heterocycles. The lowest BCUT2D eigenvalue weighted by Crippen LogP contribution is -2.46. The molecule has 0 saturated carbocycles. The minimum Gasteiger partial charge on any atom is -0.379 e. The third-order valence-electron chi connectivity index (χ3n) is 5.55. The number of amidine groups is 1. The molecule has 0 aromatic heterocycles. The van der Waals surface area contributed by atoms with Crippen LogP contribution in [-0.2, 0) is 19.6 Å². The molecule has 3 heterocycles. The summed E-state index contributed by atoms with van der Waals surface area (Å²) in [5.74, 6) is 0.476. The van der Waals surface area contributed by atoms with Crippen molar-refractivity contribution in [2.45, 2.75) is 24.2 Å². The Labute approximate surface area is 165 Å². The first kappa shape index (κ1) is 19.4. The number of anilines is 1. The minimum absolute atomic E-state index is 0.0933. The summed E-state index contributed by atoms with van der Waals surface area (Å²) in [5.41, 5.74) is 0.559. The van der Waals surface area contributed by atoms with Crippen LogP contribution < -0.4 is 5.32 Å². The maximum atomic E-state index is 12.7. The molecule has 152 valence electrons. The summed E-state index contributed by atoms with van der Waals surface area (Å²) in [6.07, 6.45) is 2.14. The molecule has 9 heteroatoms. The van der Waals surface area contributed by atoms with Gasteiger partial charge in [-0.25, -0.2) is 0 Å². The molecule has 1 amide bonds. The first-order valence-corrected chi connectivity index (χ1v) is 11.3. The molecule has 2 fully saturated rings. The van der Waals surface area contributed by atoms with Crippen molar-refractivity contribution in [2.24, 2.45) is 10.3 Å². The van der Waals surface area contributed by atoms with Crippen LogP contribution in [0.1, 0.15) is 19.3 Å². The van der Waals surface area contributed by atoms with Gasteiger partial charge in [-0.15, -0.1) is 4.40 Å². The maximum Gasteiger partial charge on any atom is 0.286 e. The fourth-order valence-electron chi connectivity index (χ4n) is 3.97. The van der Waals surface area contributed by atoms with Gasteiger partial charge in [0, 0.05) is 45.1 Å². The molecule has 28 heavy (non-hydrogen) atoms. The quantitative estimate of drug-likeness (QED) is 0.807. The number of piperidine rings is 1. The number of nitrogens with one attached hydrogen (secondary N) is 1. The molecule has 1 unspecified atom stereocenters. The van der Waals surface area contributed by atoms with E-state index in [1.54, 1.807) is 24.3 Å². The molecular formula is C19H26N4O4S. The van der Waals surface area contributed by atoms with E-state index in [0.717, 1.165) is 52.2 Å². The molecular weight excluding hydrogens is 380 g/mol. The number of benzene rings is 1. The summed E-state index contributed by atoms with van der Waals surface area (Å²) < 4.78 is 34.3. The van der Waals surface area contributed by atoms with Gasteiger partial charge < -0.3 is 15.0 Å². The zero-order chi connectivity index (χ0) is 19.6. The summed E-state index contributed by atoms with van der Waals surface area (Å²) in [6.45, 7) is 5.15. The van der Waals surface area contributed by atoms with Crippen LogP contribution in [-0.4, -0.2) is 75.9 Å². The largest absolute Gasteiger partial charge is 0.379 e. The number of carbonyl (C=O) groups excluding carboxylic acids is 1. The number of carbonyl (C=O) groups is 1. The van der Waals surface area contributed by atoms with Crippen molar-refractivity contribution in [3.05, 3.63) is 24.3 Å². The number of para-hydroxylation sites is 1. The second-order valence-corrected chi connectivity index (χ2v) is 9.03. The monoisotopic (exact) mass is 406 g/mol. The van der Waals surface area contributed by atoms with Gasteiger partial charge in [-0.2, -0.15) is 8.42 Å². The highest BCUT2D eigenvalue weighted by Crippen LogP contribution is 2.30. The van der Waals surface area contributed by atoms with Crippen molar-refractivity contribution in [1.82, 2.24) is 9.80 Å². The fourth-order valence-corrected chi connectivity index (χ4v) is 5.17. The van der Waals surface area contributed by atoms with E-state index in [-0.39, 0.29) is 16.7 Å². The topological polar surface area (TPSA) is 91.3 Å². The Kier molecular flexibility index (Phi) is 5.65. The van der Waals surface area contributed by atoms with E-state index in [1.165, 1.54) is 0 Å². The van der Waals surface area contributed by atoms with E-state index in [1.807, 2.05) is 4.90 Å². The van der Waals surface area contributed by atoms with Crippen LogP contribution in [0.2, 0.25) is 0 Å². The molecule has 2 saturated heterocycles. The number of fused-ring (bicyclic) bond motifs is 1. The SMILES string of the molecule is O=C(CCN1CCOCC1)N1CCCC(C2=NS(=O)(=O)c3ccccc3N2)C1. The highest BCUT2D eigenvalue weighted by atomic mass is 32.2. The Hall–Kier alpha value is -1.97. The average molecular weight is 407 g/mol. The van der Waals surface area contributed by atoms with E-state index in [2.05, 4.69) is 14.6 Å². The third kappa shape index (κ3) is 4.21. The fraction of sp³-hybridized carbons (Fsp3) is 0.579. The number of rotatable bonds is 4. The molecule has 1 aromatic rings. The second-order valence-electron chi connectivity index (χ2n) is 7.46.